The smallest absolute Gasteiger partial charge is 0.326 e. The Balaban J connectivity index is 1.16. The van der Waals surface area contributed by atoms with E-state index in [1.807, 2.05) is 24.3 Å². The zero-order chi connectivity index (χ0) is 26.2. The number of pyridine rings is 1. The van der Waals surface area contributed by atoms with Crippen molar-refractivity contribution < 1.29 is 14.6 Å². The summed E-state index contributed by atoms with van der Waals surface area (Å²) in [6, 6.07) is 11.3. The second-order valence-corrected chi connectivity index (χ2v) is 10.3. The van der Waals surface area contributed by atoms with Crippen molar-refractivity contribution in [3.8, 4) is 0 Å². The molecule has 1 fully saturated rings. The summed E-state index contributed by atoms with van der Waals surface area (Å²) in [5, 5.41) is 17.4. The van der Waals surface area contributed by atoms with Gasteiger partial charge in [-0.1, -0.05) is 18.2 Å². The number of para-hydroxylation sites is 1. The van der Waals surface area contributed by atoms with Crippen molar-refractivity contribution in [1.82, 2.24) is 19.9 Å². The van der Waals surface area contributed by atoms with E-state index in [0.29, 0.717) is 18.8 Å². The average Bonchev–Trinajstić information content (AvgIpc) is 3.46. The van der Waals surface area contributed by atoms with Gasteiger partial charge in [-0.2, -0.15) is 0 Å². The lowest BCUT2D eigenvalue weighted by molar-refractivity contribution is -0.138. The number of rotatable bonds is 13. The first-order chi connectivity index (χ1) is 18.7. The van der Waals surface area contributed by atoms with Gasteiger partial charge in [-0.15, -0.1) is 0 Å². The highest BCUT2D eigenvalue weighted by atomic mass is 16.5. The molecule has 1 unspecified atom stereocenters. The first-order valence-electron chi connectivity index (χ1n) is 13.9. The number of aliphatic carboxylic acids is 1. The van der Waals surface area contributed by atoms with E-state index in [4.69, 9.17) is 9.72 Å². The average molecular weight is 519 g/mol. The minimum absolute atomic E-state index is 0.227. The number of anilines is 2. The molecule has 1 aromatic carbocycles. The Bertz CT molecular complexity index is 1210. The summed E-state index contributed by atoms with van der Waals surface area (Å²) in [5.41, 5.74) is 3.24. The Hall–Kier alpha value is -3.30. The number of unbranched alkanes of at least 4 members (excludes halogenated alkanes) is 1. The maximum absolute atomic E-state index is 12.2. The van der Waals surface area contributed by atoms with Gasteiger partial charge in [-0.3, -0.25) is 0 Å². The topological polar surface area (TPSA) is 112 Å². The predicted octanol–water partition coefficient (Wildman–Crippen LogP) is 4.14. The number of nitrogens with one attached hydrogen (secondary N) is 2. The van der Waals surface area contributed by atoms with E-state index >= 15 is 0 Å². The Morgan fingerprint density at radius 1 is 1.16 bits per heavy atom. The van der Waals surface area contributed by atoms with Crippen LogP contribution in [-0.4, -0.2) is 75.9 Å². The van der Waals surface area contributed by atoms with Gasteiger partial charge in [-0.05, 0) is 81.7 Å². The van der Waals surface area contributed by atoms with Gasteiger partial charge in [0.15, 0.2) is 0 Å². The number of hydrogen-bond donors (Lipinski definition) is 3. The van der Waals surface area contributed by atoms with Crippen LogP contribution >= 0.6 is 0 Å². The quantitative estimate of drug-likeness (QED) is 0.287. The van der Waals surface area contributed by atoms with Crippen molar-refractivity contribution in [2.75, 3.05) is 43.4 Å². The van der Waals surface area contributed by atoms with Crippen LogP contribution in [-0.2, 0) is 22.4 Å². The van der Waals surface area contributed by atoms with Crippen LogP contribution < -0.4 is 10.6 Å². The van der Waals surface area contributed by atoms with E-state index in [-0.39, 0.29) is 6.10 Å². The maximum atomic E-state index is 12.2. The minimum atomic E-state index is -0.878. The molecule has 0 spiro atoms. The van der Waals surface area contributed by atoms with Gasteiger partial charge in [0.25, 0.3) is 0 Å². The van der Waals surface area contributed by atoms with E-state index in [0.717, 1.165) is 87.2 Å². The molecule has 0 saturated carbocycles. The Labute approximate surface area is 224 Å². The second kappa shape index (κ2) is 13.0. The largest absolute Gasteiger partial charge is 0.480 e. The number of aromatic nitrogens is 3. The molecule has 0 aliphatic carbocycles. The van der Waals surface area contributed by atoms with Crippen LogP contribution in [0, 0.1) is 0 Å². The number of hydrogen-bond acceptors (Lipinski definition) is 8. The highest BCUT2D eigenvalue weighted by Gasteiger charge is 2.23. The number of benzene rings is 1. The fourth-order valence-corrected chi connectivity index (χ4v) is 5.37. The Kier molecular flexibility index (Phi) is 8.98. The van der Waals surface area contributed by atoms with Crippen molar-refractivity contribution in [3.05, 3.63) is 54.0 Å². The molecule has 9 heteroatoms. The van der Waals surface area contributed by atoms with Gasteiger partial charge in [0.1, 0.15) is 24.0 Å². The van der Waals surface area contributed by atoms with Gasteiger partial charge >= 0.3 is 5.97 Å². The molecule has 1 saturated heterocycles. The molecular formula is C29H38N6O3. The highest BCUT2D eigenvalue weighted by molar-refractivity contribution is 5.90. The number of fused-ring (bicyclic) bond motifs is 2. The summed E-state index contributed by atoms with van der Waals surface area (Å²) >= 11 is 0. The number of carboxylic acids is 1. The van der Waals surface area contributed by atoms with Gasteiger partial charge in [0.05, 0.1) is 11.6 Å². The van der Waals surface area contributed by atoms with Crippen LogP contribution in [0.5, 0.6) is 0 Å². The van der Waals surface area contributed by atoms with Gasteiger partial charge in [0, 0.05) is 37.3 Å². The SMILES string of the molecule is O=C(O)[C@H](CCN(CCCCc1ccc2c(n1)NCCC2)CC1CCCO1)Nc1ncnc2ccccc12. The summed E-state index contributed by atoms with van der Waals surface area (Å²) in [5.74, 6) is 0.731. The zero-order valence-corrected chi connectivity index (χ0v) is 21.9. The van der Waals surface area contributed by atoms with E-state index in [1.165, 1.54) is 18.3 Å². The predicted molar refractivity (Wildman–Crippen MR) is 149 cm³/mol. The number of ether oxygens (including phenoxy) is 1. The van der Waals surface area contributed by atoms with Crippen molar-refractivity contribution in [1.29, 1.82) is 0 Å². The minimum Gasteiger partial charge on any atom is -0.480 e. The molecule has 2 aliphatic rings. The molecule has 9 nitrogen and oxygen atoms in total. The van der Waals surface area contributed by atoms with Crippen LogP contribution in [0.1, 0.15) is 49.8 Å². The summed E-state index contributed by atoms with van der Waals surface area (Å²) in [4.78, 5) is 28.0. The molecule has 0 bridgehead atoms. The fourth-order valence-electron chi connectivity index (χ4n) is 5.37. The van der Waals surface area contributed by atoms with Gasteiger partial charge < -0.3 is 25.4 Å². The van der Waals surface area contributed by atoms with Crippen LogP contribution in [0.15, 0.2) is 42.7 Å². The van der Waals surface area contributed by atoms with Crippen molar-refractivity contribution in [2.24, 2.45) is 0 Å². The molecule has 2 atom stereocenters. The second-order valence-electron chi connectivity index (χ2n) is 10.3. The molecule has 38 heavy (non-hydrogen) atoms. The first kappa shape index (κ1) is 26.3. The molecule has 0 radical (unpaired) electrons. The van der Waals surface area contributed by atoms with Crippen molar-refractivity contribution in [2.45, 2.75) is 63.5 Å². The third-order valence-corrected chi connectivity index (χ3v) is 7.48. The maximum Gasteiger partial charge on any atom is 0.326 e. The summed E-state index contributed by atoms with van der Waals surface area (Å²) < 4.78 is 5.90. The van der Waals surface area contributed by atoms with Gasteiger partial charge in [-0.25, -0.2) is 19.7 Å². The third kappa shape index (κ3) is 6.96. The van der Waals surface area contributed by atoms with Crippen molar-refractivity contribution in [3.63, 3.8) is 0 Å². The lowest BCUT2D eigenvalue weighted by atomic mass is 10.1. The van der Waals surface area contributed by atoms with E-state index < -0.39 is 12.0 Å². The van der Waals surface area contributed by atoms with Crippen LogP contribution in [0.2, 0.25) is 0 Å². The van der Waals surface area contributed by atoms with Crippen LogP contribution in [0.4, 0.5) is 11.6 Å². The molecule has 4 heterocycles. The van der Waals surface area contributed by atoms with Gasteiger partial charge in [0.2, 0.25) is 0 Å². The summed E-state index contributed by atoms with van der Waals surface area (Å²) in [6.45, 7) is 4.24. The molecular weight excluding hydrogens is 480 g/mol. The lowest BCUT2D eigenvalue weighted by Crippen LogP contribution is -2.38. The number of carbonyl (C=O) groups is 1. The van der Waals surface area contributed by atoms with E-state index in [1.54, 1.807) is 0 Å². The molecule has 202 valence electrons. The Morgan fingerprint density at radius 3 is 2.95 bits per heavy atom. The molecule has 5 rings (SSSR count). The summed E-state index contributed by atoms with van der Waals surface area (Å²) in [7, 11) is 0. The fraction of sp³-hybridized carbons (Fsp3) is 0.517. The zero-order valence-electron chi connectivity index (χ0n) is 21.9. The molecule has 0 amide bonds. The van der Waals surface area contributed by atoms with Crippen molar-refractivity contribution >= 4 is 28.5 Å². The molecule has 2 aliphatic heterocycles. The molecule has 3 aromatic rings. The van der Waals surface area contributed by atoms with Crippen LogP contribution in [0.3, 0.4) is 0 Å². The molecule has 2 aromatic heterocycles. The Morgan fingerprint density at radius 2 is 2.08 bits per heavy atom. The summed E-state index contributed by atoms with van der Waals surface area (Å²) in [6.07, 6.45) is 9.62. The number of carboxylic acid groups (broad SMARTS) is 1. The standard InChI is InChI=1S/C29H38N6O3/c36-29(37)26(34-28-24-10-1-2-11-25(24)31-20-32-28)14-17-35(19-23-9-6-18-38-23)16-4-3-8-22-13-12-21-7-5-15-30-27(21)33-22/h1-2,10-13,20,23,26H,3-9,14-19H2,(H,30,33)(H,36,37)(H,31,32,34)/t23?,26-/m0/s1. The third-order valence-electron chi connectivity index (χ3n) is 7.48. The number of nitrogens with zero attached hydrogens (tertiary/aromatic N) is 4. The molecule has 3 N–H and O–H groups in total. The number of aryl methyl sites for hydroxylation is 2. The first-order valence-corrected chi connectivity index (χ1v) is 13.9. The van der Waals surface area contributed by atoms with Crippen LogP contribution in [0.25, 0.3) is 10.9 Å². The normalized spacial score (nSPS) is 17.8. The van der Waals surface area contributed by atoms with E-state index in [2.05, 4.69) is 37.6 Å². The highest BCUT2D eigenvalue weighted by Crippen LogP contribution is 2.22. The monoisotopic (exact) mass is 518 g/mol. The van der Waals surface area contributed by atoms with E-state index in [9.17, 15) is 9.90 Å². The lowest BCUT2D eigenvalue weighted by Gasteiger charge is -2.27.